The first kappa shape index (κ1) is 21.0. The molecular weight excluding hydrogens is 354 g/mol. The van der Waals surface area contributed by atoms with E-state index in [2.05, 4.69) is 6.07 Å². The minimum absolute atomic E-state index is 0.0830. The van der Waals surface area contributed by atoms with Crippen molar-refractivity contribution in [2.75, 3.05) is 6.67 Å². The Labute approximate surface area is 166 Å². The van der Waals surface area contributed by atoms with E-state index >= 15 is 0 Å². The van der Waals surface area contributed by atoms with E-state index in [4.69, 9.17) is 0 Å². The lowest BCUT2D eigenvalue weighted by molar-refractivity contribution is 0.216. The maximum absolute atomic E-state index is 13.5. The summed E-state index contributed by atoms with van der Waals surface area (Å²) < 4.78 is 25.6. The molecule has 0 unspecified atom stereocenters. The number of alkyl halides is 1. The first-order valence-electron chi connectivity index (χ1n) is 11.6. The SMILES string of the molecule is FCCCCCCC[SiH]1CCC(C2CCC(c3cccc(F)c3)CC2)CC1. The Morgan fingerprint density at radius 2 is 1.48 bits per heavy atom. The van der Waals surface area contributed by atoms with E-state index in [-0.39, 0.29) is 12.5 Å². The van der Waals surface area contributed by atoms with Gasteiger partial charge in [-0.15, -0.1) is 0 Å². The second-order valence-electron chi connectivity index (χ2n) is 9.19. The zero-order valence-electron chi connectivity index (χ0n) is 17.0. The van der Waals surface area contributed by atoms with Crippen molar-refractivity contribution in [3.8, 4) is 0 Å². The van der Waals surface area contributed by atoms with Gasteiger partial charge in [0.2, 0.25) is 0 Å². The summed E-state index contributed by atoms with van der Waals surface area (Å²) in [5.41, 5.74) is 1.22. The average molecular weight is 393 g/mol. The van der Waals surface area contributed by atoms with Crippen LogP contribution in [-0.4, -0.2) is 15.5 Å². The average Bonchev–Trinajstić information content (AvgIpc) is 2.71. The fourth-order valence-corrected chi connectivity index (χ4v) is 9.22. The molecule has 0 aromatic heterocycles. The van der Waals surface area contributed by atoms with Crippen LogP contribution in [0.5, 0.6) is 0 Å². The topological polar surface area (TPSA) is 0 Å². The number of hydrogen-bond donors (Lipinski definition) is 0. The van der Waals surface area contributed by atoms with Gasteiger partial charge in [0.05, 0.1) is 6.67 Å². The van der Waals surface area contributed by atoms with Crippen molar-refractivity contribution in [1.29, 1.82) is 0 Å². The van der Waals surface area contributed by atoms with Crippen molar-refractivity contribution in [2.45, 2.75) is 94.7 Å². The van der Waals surface area contributed by atoms with Gasteiger partial charge in [-0.2, -0.15) is 0 Å². The maximum Gasteiger partial charge on any atom is 0.123 e. The normalized spacial score (nSPS) is 29.0. The summed E-state index contributed by atoms with van der Waals surface area (Å²) in [4.78, 5) is 0. The standard InChI is InChI=1S/C24H38F2Si/c25-15-4-2-1-3-5-16-27-17-13-22(14-18-27)20-9-11-21(12-10-20)23-7-6-8-24(26)19-23/h6-8,19-22,27H,1-5,9-18H2. The van der Waals surface area contributed by atoms with Crippen LogP contribution >= 0.6 is 0 Å². The molecule has 0 spiro atoms. The predicted octanol–water partition coefficient (Wildman–Crippen LogP) is 7.66. The second kappa shape index (κ2) is 11.3. The van der Waals surface area contributed by atoms with Crippen molar-refractivity contribution in [3.05, 3.63) is 35.6 Å². The molecule has 0 N–H and O–H groups in total. The minimum Gasteiger partial charge on any atom is -0.251 e. The summed E-state index contributed by atoms with van der Waals surface area (Å²) in [5, 5.41) is 0. The second-order valence-corrected chi connectivity index (χ2v) is 12.7. The van der Waals surface area contributed by atoms with E-state index in [1.807, 2.05) is 6.07 Å². The first-order valence-corrected chi connectivity index (χ1v) is 14.0. The summed E-state index contributed by atoms with van der Waals surface area (Å²) in [6.45, 7) is -0.136. The van der Waals surface area contributed by atoms with Crippen LogP contribution in [0.1, 0.15) is 82.1 Å². The van der Waals surface area contributed by atoms with Crippen LogP contribution in [0.4, 0.5) is 8.78 Å². The Morgan fingerprint density at radius 1 is 0.815 bits per heavy atom. The molecule has 1 aliphatic carbocycles. The van der Waals surface area contributed by atoms with Crippen molar-refractivity contribution < 1.29 is 8.78 Å². The quantitative estimate of drug-likeness (QED) is 0.299. The lowest BCUT2D eigenvalue weighted by atomic mass is 9.72. The molecule has 1 saturated carbocycles. The third-order valence-corrected chi connectivity index (χ3v) is 10.9. The van der Waals surface area contributed by atoms with Gasteiger partial charge >= 0.3 is 0 Å². The highest BCUT2D eigenvalue weighted by atomic mass is 28.3. The third-order valence-electron chi connectivity index (χ3n) is 7.40. The molecular formula is C24H38F2Si. The molecule has 1 heterocycles. The van der Waals surface area contributed by atoms with E-state index in [9.17, 15) is 8.78 Å². The molecule has 1 aromatic carbocycles. The van der Waals surface area contributed by atoms with Gasteiger partial charge in [-0.1, -0.05) is 68.8 Å². The number of hydrogen-bond acceptors (Lipinski definition) is 0. The highest BCUT2D eigenvalue weighted by Gasteiger charge is 2.31. The first-order chi connectivity index (χ1) is 13.3. The van der Waals surface area contributed by atoms with Crippen LogP contribution in [0.25, 0.3) is 0 Å². The Balaban J connectivity index is 1.31. The molecule has 3 rings (SSSR count). The molecule has 0 radical (unpaired) electrons. The molecule has 3 heteroatoms. The van der Waals surface area contributed by atoms with Gasteiger partial charge in [0.1, 0.15) is 5.82 Å². The molecule has 1 saturated heterocycles. The van der Waals surface area contributed by atoms with E-state index < -0.39 is 8.80 Å². The van der Waals surface area contributed by atoms with Gasteiger partial charge in [-0.25, -0.2) is 4.39 Å². The van der Waals surface area contributed by atoms with Crippen LogP contribution < -0.4 is 0 Å². The fraction of sp³-hybridized carbons (Fsp3) is 0.750. The highest BCUT2D eigenvalue weighted by molar-refractivity contribution is 6.58. The number of unbranched alkanes of at least 4 members (excludes halogenated alkanes) is 4. The number of rotatable bonds is 9. The largest absolute Gasteiger partial charge is 0.251 e. The smallest absolute Gasteiger partial charge is 0.123 e. The summed E-state index contributed by atoms with van der Waals surface area (Å²) in [6.07, 6.45) is 14.0. The summed E-state index contributed by atoms with van der Waals surface area (Å²) >= 11 is 0. The summed E-state index contributed by atoms with van der Waals surface area (Å²) in [5.74, 6) is 2.41. The van der Waals surface area contributed by atoms with Crippen molar-refractivity contribution in [3.63, 3.8) is 0 Å². The van der Waals surface area contributed by atoms with Gasteiger partial charge in [0.15, 0.2) is 0 Å². The van der Waals surface area contributed by atoms with Crippen molar-refractivity contribution >= 4 is 8.80 Å². The molecule has 27 heavy (non-hydrogen) atoms. The summed E-state index contributed by atoms with van der Waals surface area (Å²) in [6, 6.07) is 12.0. The molecule has 1 aliphatic heterocycles. The fourth-order valence-electron chi connectivity index (χ4n) is 5.69. The summed E-state index contributed by atoms with van der Waals surface area (Å²) in [7, 11) is -0.461. The Kier molecular flexibility index (Phi) is 8.82. The number of halogens is 2. The van der Waals surface area contributed by atoms with E-state index in [0.717, 1.165) is 24.7 Å². The molecule has 1 aromatic rings. The zero-order chi connectivity index (χ0) is 18.9. The third kappa shape index (κ3) is 6.69. The van der Waals surface area contributed by atoms with Gasteiger partial charge < -0.3 is 0 Å². The molecule has 152 valence electrons. The molecule has 0 bridgehead atoms. The Bertz CT molecular complexity index is 531. The monoisotopic (exact) mass is 392 g/mol. The minimum atomic E-state index is -0.461. The van der Waals surface area contributed by atoms with Crippen LogP contribution in [0.15, 0.2) is 24.3 Å². The van der Waals surface area contributed by atoms with Crippen LogP contribution in [-0.2, 0) is 0 Å². The predicted molar refractivity (Wildman–Crippen MR) is 114 cm³/mol. The van der Waals surface area contributed by atoms with Gasteiger partial charge in [0, 0.05) is 8.80 Å². The Morgan fingerprint density at radius 3 is 2.19 bits per heavy atom. The molecule has 0 amide bonds. The van der Waals surface area contributed by atoms with E-state index in [1.54, 1.807) is 24.2 Å². The Hall–Kier alpha value is -0.703. The van der Waals surface area contributed by atoms with Crippen molar-refractivity contribution in [2.24, 2.45) is 11.8 Å². The van der Waals surface area contributed by atoms with Gasteiger partial charge in [0.25, 0.3) is 0 Å². The molecule has 0 nitrogen and oxygen atoms in total. The molecule has 2 fully saturated rings. The molecule has 2 aliphatic rings. The number of benzene rings is 1. The van der Waals surface area contributed by atoms with Gasteiger partial charge in [-0.05, 0) is 67.6 Å². The van der Waals surface area contributed by atoms with Gasteiger partial charge in [-0.3, -0.25) is 4.39 Å². The van der Waals surface area contributed by atoms with Crippen molar-refractivity contribution in [1.82, 2.24) is 0 Å². The lowest BCUT2D eigenvalue weighted by Crippen LogP contribution is -2.28. The van der Waals surface area contributed by atoms with Crippen LogP contribution in [0.2, 0.25) is 18.1 Å². The van der Waals surface area contributed by atoms with Crippen LogP contribution in [0.3, 0.4) is 0 Å². The van der Waals surface area contributed by atoms with E-state index in [1.165, 1.54) is 69.4 Å². The highest BCUT2D eigenvalue weighted by Crippen LogP contribution is 2.43. The van der Waals surface area contributed by atoms with Crippen LogP contribution in [0, 0.1) is 17.7 Å². The van der Waals surface area contributed by atoms with E-state index in [0.29, 0.717) is 5.92 Å². The molecule has 0 atom stereocenters. The zero-order valence-corrected chi connectivity index (χ0v) is 18.1. The lowest BCUT2D eigenvalue weighted by Gasteiger charge is -2.37. The maximum atomic E-state index is 13.5.